The quantitative estimate of drug-likeness (QED) is 0.617. The molecule has 3 fully saturated rings. The van der Waals surface area contributed by atoms with Crippen molar-refractivity contribution in [3.05, 3.63) is 44.3 Å². The Bertz CT molecular complexity index is 1110. The topological polar surface area (TPSA) is 54.9 Å². The lowest BCUT2D eigenvalue weighted by Gasteiger charge is -2.06. The molecule has 138 valence electrons. The van der Waals surface area contributed by atoms with Crippen LogP contribution in [0.2, 0.25) is 5.02 Å². The fourth-order valence-corrected chi connectivity index (χ4v) is 7.64. The highest BCUT2D eigenvalue weighted by Crippen LogP contribution is 2.79. The van der Waals surface area contributed by atoms with Gasteiger partial charge in [0.25, 0.3) is 5.91 Å². The zero-order valence-corrected chi connectivity index (χ0v) is 17.7. The molecule has 0 aliphatic heterocycles. The molecule has 3 saturated carbocycles. The molecule has 3 aromatic rings. The Hall–Kier alpha value is -1.15. The number of aromatic nitrogens is 2. The number of halogens is 1. The molecular weight excluding hydrogens is 418 g/mol. The molecule has 27 heavy (non-hydrogen) atoms. The summed E-state index contributed by atoms with van der Waals surface area (Å²) in [4.78, 5) is 22.8. The van der Waals surface area contributed by atoms with Crippen LogP contribution in [0.15, 0.2) is 24.4 Å². The second-order valence-corrected chi connectivity index (χ2v) is 11.5. The largest absolute Gasteiger partial charge is 0.345 e. The maximum Gasteiger partial charge on any atom is 0.263 e. The highest BCUT2D eigenvalue weighted by Gasteiger charge is 2.86. The Morgan fingerprint density at radius 1 is 1.26 bits per heavy atom. The molecule has 0 unspecified atom stereocenters. The van der Waals surface area contributed by atoms with Gasteiger partial charge in [0.1, 0.15) is 14.9 Å². The first-order valence-electron chi connectivity index (χ1n) is 8.90. The van der Waals surface area contributed by atoms with Crippen LogP contribution < -0.4 is 5.32 Å². The predicted molar refractivity (Wildman–Crippen MR) is 112 cm³/mol. The van der Waals surface area contributed by atoms with Crippen molar-refractivity contribution in [3.8, 4) is 0 Å². The van der Waals surface area contributed by atoms with Crippen LogP contribution in [0.5, 0.6) is 0 Å². The second kappa shape index (κ2) is 5.26. The van der Waals surface area contributed by atoms with E-state index in [1.807, 2.05) is 30.0 Å². The van der Waals surface area contributed by atoms with Gasteiger partial charge in [-0.2, -0.15) is 11.8 Å². The number of fused-ring (bicyclic) bond motifs is 2. The number of carbonyl (C=O) groups is 1. The maximum absolute atomic E-state index is 12.8. The molecule has 2 aromatic heterocycles. The van der Waals surface area contributed by atoms with E-state index < -0.39 is 0 Å². The van der Waals surface area contributed by atoms with Crippen LogP contribution >= 0.6 is 46.0 Å². The van der Waals surface area contributed by atoms with Crippen LogP contribution in [-0.4, -0.2) is 27.7 Å². The van der Waals surface area contributed by atoms with E-state index in [2.05, 4.69) is 16.6 Å². The Balaban J connectivity index is 1.21. The number of thiazole rings is 2. The first kappa shape index (κ1) is 16.8. The van der Waals surface area contributed by atoms with Gasteiger partial charge >= 0.3 is 0 Å². The smallest absolute Gasteiger partial charge is 0.263 e. The first-order chi connectivity index (χ1) is 13.0. The van der Waals surface area contributed by atoms with Crippen LogP contribution in [-0.2, 0) is 10.2 Å². The number of hydrogen-bond donors (Lipinski definition) is 1. The molecule has 6 rings (SSSR count). The standard InChI is InChI=1S/C19H16ClN3OS3/c1-25-18(4-5-18)16-21-7-13(27-16)14(24)23-19-8-17(19,9-19)15-22-11-3-2-10(20)6-12(11)26-15/h2-3,6-7H,4-5,8-9H2,1H3,(H,23,24). The van der Waals surface area contributed by atoms with E-state index in [9.17, 15) is 4.79 Å². The molecule has 8 heteroatoms. The van der Waals surface area contributed by atoms with Crippen molar-refractivity contribution in [2.45, 2.75) is 41.4 Å². The predicted octanol–water partition coefficient (Wildman–Crippen LogP) is 4.97. The number of amides is 1. The first-order valence-corrected chi connectivity index (χ1v) is 12.1. The lowest BCUT2D eigenvalue weighted by atomic mass is 10.2. The van der Waals surface area contributed by atoms with Gasteiger partial charge in [-0.1, -0.05) is 11.6 Å². The van der Waals surface area contributed by atoms with E-state index in [-0.39, 0.29) is 21.6 Å². The van der Waals surface area contributed by atoms with Crippen molar-refractivity contribution in [2.75, 3.05) is 6.26 Å². The van der Waals surface area contributed by atoms with Crippen molar-refractivity contribution >= 4 is 62.2 Å². The molecule has 0 saturated heterocycles. The van der Waals surface area contributed by atoms with Gasteiger partial charge in [0, 0.05) is 10.4 Å². The third-order valence-corrected chi connectivity index (χ3v) is 10.4. The Morgan fingerprint density at radius 3 is 2.81 bits per heavy atom. The summed E-state index contributed by atoms with van der Waals surface area (Å²) in [5.41, 5.74) is 0.943. The minimum atomic E-state index is -0.0946. The van der Waals surface area contributed by atoms with Crippen LogP contribution in [0.25, 0.3) is 10.2 Å². The van der Waals surface area contributed by atoms with Gasteiger partial charge in [-0.15, -0.1) is 22.7 Å². The average molecular weight is 434 g/mol. The molecule has 3 aliphatic carbocycles. The lowest BCUT2D eigenvalue weighted by molar-refractivity contribution is 0.0946. The number of thioether (sulfide) groups is 1. The van der Waals surface area contributed by atoms with Crippen LogP contribution in [0.3, 0.4) is 0 Å². The van der Waals surface area contributed by atoms with Crippen molar-refractivity contribution < 1.29 is 4.79 Å². The fourth-order valence-electron chi connectivity index (χ4n) is 4.04. The van der Waals surface area contributed by atoms with Crippen LogP contribution in [0.1, 0.15) is 45.4 Å². The number of rotatable bonds is 5. The molecule has 4 nitrogen and oxygen atoms in total. The Kier molecular flexibility index (Phi) is 3.27. The summed E-state index contributed by atoms with van der Waals surface area (Å²) in [5.74, 6) is 0.0131. The van der Waals surface area contributed by atoms with Gasteiger partial charge in [-0.05, 0) is 50.1 Å². The number of hydrogen-bond acceptors (Lipinski definition) is 6. The average Bonchev–Trinajstić information content (AvgIpc) is 3.54. The summed E-state index contributed by atoms with van der Waals surface area (Å²) in [5, 5.41) is 6.25. The normalized spacial score (nSPS) is 29.4. The number of benzene rings is 1. The van der Waals surface area contributed by atoms with Gasteiger partial charge in [0.15, 0.2) is 0 Å². The van der Waals surface area contributed by atoms with E-state index >= 15 is 0 Å². The Morgan fingerprint density at radius 2 is 2.07 bits per heavy atom. The molecule has 0 atom stereocenters. The highest BCUT2D eigenvalue weighted by atomic mass is 35.5. The van der Waals surface area contributed by atoms with Crippen LogP contribution in [0, 0.1) is 0 Å². The zero-order chi connectivity index (χ0) is 18.4. The summed E-state index contributed by atoms with van der Waals surface area (Å²) in [6.45, 7) is 0. The monoisotopic (exact) mass is 433 g/mol. The van der Waals surface area contributed by atoms with Gasteiger partial charge < -0.3 is 5.32 Å². The fraction of sp³-hybridized carbons (Fsp3) is 0.421. The van der Waals surface area contributed by atoms with E-state index in [1.165, 1.54) is 0 Å². The minimum absolute atomic E-state index is 0.0131. The molecule has 0 spiro atoms. The van der Waals surface area contributed by atoms with Gasteiger partial charge in [0.05, 0.1) is 26.7 Å². The zero-order valence-electron chi connectivity index (χ0n) is 14.5. The van der Waals surface area contributed by atoms with Crippen molar-refractivity contribution in [3.63, 3.8) is 0 Å². The van der Waals surface area contributed by atoms with Crippen molar-refractivity contribution in [2.24, 2.45) is 0 Å². The van der Waals surface area contributed by atoms with Gasteiger partial charge in [-0.3, -0.25) is 4.79 Å². The van der Waals surface area contributed by atoms with E-state index in [0.717, 1.165) is 55.8 Å². The third-order valence-electron chi connectivity index (χ3n) is 6.20. The highest BCUT2D eigenvalue weighted by molar-refractivity contribution is 7.99. The molecule has 1 N–H and O–H groups in total. The molecule has 1 amide bonds. The van der Waals surface area contributed by atoms with E-state index in [4.69, 9.17) is 16.6 Å². The van der Waals surface area contributed by atoms with E-state index in [1.54, 1.807) is 28.9 Å². The summed E-state index contributed by atoms with van der Waals surface area (Å²) < 4.78 is 1.29. The molecule has 2 heterocycles. The molecule has 3 aliphatic rings. The maximum atomic E-state index is 12.8. The van der Waals surface area contributed by atoms with Crippen molar-refractivity contribution in [1.82, 2.24) is 15.3 Å². The van der Waals surface area contributed by atoms with Gasteiger partial charge in [0.2, 0.25) is 0 Å². The minimum Gasteiger partial charge on any atom is -0.345 e. The third kappa shape index (κ3) is 2.32. The summed E-state index contributed by atoms with van der Waals surface area (Å²) in [6, 6.07) is 5.82. The molecule has 0 radical (unpaired) electrons. The number of nitrogens with one attached hydrogen (secondary N) is 1. The second-order valence-electron chi connectivity index (χ2n) is 7.83. The summed E-state index contributed by atoms with van der Waals surface area (Å²) in [7, 11) is 0. The molecular formula is C19H16ClN3OS3. The molecule has 1 aromatic carbocycles. The van der Waals surface area contributed by atoms with Gasteiger partial charge in [-0.25, -0.2) is 9.97 Å². The van der Waals surface area contributed by atoms with Crippen LogP contribution in [0.4, 0.5) is 0 Å². The van der Waals surface area contributed by atoms with Crippen molar-refractivity contribution in [1.29, 1.82) is 0 Å². The summed E-state index contributed by atoms with van der Waals surface area (Å²) in [6.07, 6.45) is 8.17. The SMILES string of the molecule is CSC1(c2ncc(C(=O)NC34CC3(c3nc5ccc(Cl)cc5s3)C4)s2)CC1. The number of carbonyl (C=O) groups excluding carboxylic acids is 1. The lowest BCUT2D eigenvalue weighted by Crippen LogP contribution is -2.30. The Labute approximate surface area is 173 Å². The summed E-state index contributed by atoms with van der Waals surface area (Å²) >= 11 is 11.2. The molecule has 0 bridgehead atoms. The van der Waals surface area contributed by atoms with E-state index in [0.29, 0.717) is 0 Å². The number of nitrogens with zero attached hydrogens (tertiary/aromatic N) is 2.